The number of ether oxygens (including phenoxy) is 6. The van der Waals surface area contributed by atoms with E-state index in [9.17, 15) is 4.79 Å². The molecule has 0 radical (unpaired) electrons. The van der Waals surface area contributed by atoms with Gasteiger partial charge in [0, 0.05) is 46.7 Å². The predicted octanol–water partition coefficient (Wildman–Crippen LogP) is 10.0. The predicted molar refractivity (Wildman–Crippen MR) is 219 cm³/mol. The molecule has 7 aromatic rings. The molecule has 17 heteroatoms. The molecule has 7 rings (SSSR count). The Balaban J connectivity index is 0.000000202. The number of aromatic nitrogens is 4. The zero-order chi connectivity index (χ0) is 39.8. The van der Waals surface area contributed by atoms with Crippen LogP contribution in [0.15, 0.2) is 85.2 Å². The number of hydrogen-bond acceptors (Lipinski definition) is 13. The van der Waals surface area contributed by atoms with Gasteiger partial charge in [0.25, 0.3) is 0 Å². The van der Waals surface area contributed by atoms with Crippen LogP contribution in [0, 0.1) is 0 Å². The van der Waals surface area contributed by atoms with Gasteiger partial charge in [-0.15, -0.1) is 10.2 Å². The Kier molecular flexibility index (Phi) is 12.6. The number of pyridine rings is 2. The molecule has 288 valence electrons. The van der Waals surface area contributed by atoms with Crippen LogP contribution in [0.4, 0.5) is 21.3 Å². The molecule has 0 fully saturated rings. The molecule has 3 aromatic heterocycles. The first-order valence-electron chi connectivity index (χ1n) is 16.7. The van der Waals surface area contributed by atoms with Gasteiger partial charge in [-0.05, 0) is 67.1 Å². The van der Waals surface area contributed by atoms with Crippen LogP contribution in [-0.4, -0.2) is 54.6 Å². The standard InChI is InChI=1S/C22H20ClN5O4S.C17H15ClN2O3/c1-4-20-27-28-22(33-20)26-21(29)25-12-5-6-17(14(23)9-12)32-16-7-8-24-15-11-19(31-3)18(30-2)10-13(15)16;1-21-16-8-11-13(9-17(16)22-2)20-6-5-14(11)23-15-4-3-10(19)7-12(15)18/h5-11H,4H2,1-3H3,(H2,25,26,28,29);3-9H,19H2,1-2H3. The van der Waals surface area contributed by atoms with Crippen molar-refractivity contribution in [1.82, 2.24) is 20.2 Å². The highest BCUT2D eigenvalue weighted by Gasteiger charge is 2.15. The van der Waals surface area contributed by atoms with E-state index in [1.165, 1.54) is 11.3 Å². The molecule has 0 spiro atoms. The second-order valence-corrected chi connectivity index (χ2v) is 13.4. The molecule has 4 aromatic carbocycles. The Morgan fingerprint density at radius 3 is 1.64 bits per heavy atom. The van der Waals surface area contributed by atoms with E-state index < -0.39 is 6.03 Å². The van der Waals surface area contributed by atoms with Crippen molar-refractivity contribution in [1.29, 1.82) is 0 Å². The largest absolute Gasteiger partial charge is 0.493 e. The summed E-state index contributed by atoms with van der Waals surface area (Å²) < 4.78 is 33.3. The van der Waals surface area contributed by atoms with Crippen molar-refractivity contribution in [3.8, 4) is 46.0 Å². The van der Waals surface area contributed by atoms with Gasteiger partial charge in [0.2, 0.25) is 5.13 Å². The molecule has 4 N–H and O–H groups in total. The molecular formula is C39H35Cl2N7O7S. The number of hydrogen-bond donors (Lipinski definition) is 3. The summed E-state index contributed by atoms with van der Waals surface area (Å²) in [4.78, 5) is 20.9. The van der Waals surface area contributed by atoms with Gasteiger partial charge in [-0.3, -0.25) is 15.3 Å². The Hall–Kier alpha value is -6.29. The van der Waals surface area contributed by atoms with Crippen LogP contribution in [0.2, 0.25) is 10.0 Å². The molecule has 14 nitrogen and oxygen atoms in total. The van der Waals surface area contributed by atoms with Gasteiger partial charge in [0.05, 0.1) is 49.5 Å². The average Bonchev–Trinajstić information content (AvgIpc) is 3.66. The van der Waals surface area contributed by atoms with E-state index in [-0.39, 0.29) is 0 Å². The molecule has 0 aliphatic rings. The van der Waals surface area contributed by atoms with Crippen molar-refractivity contribution in [2.24, 2.45) is 0 Å². The number of anilines is 3. The van der Waals surface area contributed by atoms with Crippen molar-refractivity contribution in [3.05, 3.63) is 100 Å². The highest BCUT2D eigenvalue weighted by atomic mass is 35.5. The summed E-state index contributed by atoms with van der Waals surface area (Å²) in [5.74, 6) is 4.43. The van der Waals surface area contributed by atoms with Crippen LogP contribution in [0.5, 0.6) is 46.0 Å². The highest BCUT2D eigenvalue weighted by Crippen LogP contribution is 2.40. The third kappa shape index (κ3) is 9.14. The van der Waals surface area contributed by atoms with Crippen LogP contribution in [0.25, 0.3) is 21.8 Å². The van der Waals surface area contributed by atoms with Crippen molar-refractivity contribution in [2.45, 2.75) is 13.3 Å². The summed E-state index contributed by atoms with van der Waals surface area (Å²) in [6.07, 6.45) is 4.05. The van der Waals surface area contributed by atoms with E-state index in [0.717, 1.165) is 27.7 Å². The number of fused-ring (bicyclic) bond motifs is 2. The van der Waals surface area contributed by atoms with Crippen molar-refractivity contribution < 1.29 is 33.2 Å². The number of carbonyl (C=O) groups is 1. The van der Waals surface area contributed by atoms with E-state index >= 15 is 0 Å². The summed E-state index contributed by atoms with van der Waals surface area (Å²) >= 11 is 13.9. The van der Waals surface area contributed by atoms with Crippen LogP contribution >= 0.6 is 34.5 Å². The maximum atomic E-state index is 12.2. The first-order chi connectivity index (χ1) is 27.1. The molecule has 0 aliphatic heterocycles. The number of benzene rings is 4. The fourth-order valence-corrected chi connectivity index (χ4v) is 6.40. The lowest BCUT2D eigenvalue weighted by molar-refractivity contribution is 0.262. The number of nitrogens with two attached hydrogens (primary N) is 1. The number of aryl methyl sites for hydroxylation is 1. The molecule has 0 saturated carbocycles. The molecule has 0 saturated heterocycles. The quantitative estimate of drug-likeness (QED) is 0.106. The number of nitrogens with one attached hydrogen (secondary N) is 2. The van der Waals surface area contributed by atoms with E-state index in [4.69, 9.17) is 57.4 Å². The summed E-state index contributed by atoms with van der Waals surface area (Å²) in [5, 5.41) is 16.8. The van der Waals surface area contributed by atoms with Crippen LogP contribution in [0.1, 0.15) is 11.9 Å². The number of halogens is 2. The SMILES string of the molecule is CCc1nnc(NC(=O)Nc2ccc(Oc3ccnc4cc(OC)c(OC)cc34)c(Cl)c2)s1.COc1cc2nccc(Oc3ccc(N)cc3Cl)c2cc1OC. The first-order valence-corrected chi connectivity index (χ1v) is 18.3. The molecule has 0 atom stereocenters. The van der Waals surface area contributed by atoms with E-state index in [1.807, 2.05) is 13.0 Å². The summed E-state index contributed by atoms with van der Waals surface area (Å²) in [6.45, 7) is 1.97. The van der Waals surface area contributed by atoms with Crippen LogP contribution in [0.3, 0.4) is 0 Å². The number of amides is 2. The normalized spacial score (nSPS) is 10.6. The van der Waals surface area contributed by atoms with Crippen molar-refractivity contribution >= 4 is 78.9 Å². The lowest BCUT2D eigenvalue weighted by Gasteiger charge is -2.13. The van der Waals surface area contributed by atoms with Gasteiger partial charge in [-0.1, -0.05) is 41.5 Å². The van der Waals surface area contributed by atoms with E-state index in [1.54, 1.807) is 108 Å². The minimum absolute atomic E-state index is 0.322. The third-order valence-corrected chi connectivity index (χ3v) is 9.56. The van der Waals surface area contributed by atoms with E-state index in [2.05, 4.69) is 30.8 Å². The van der Waals surface area contributed by atoms with Gasteiger partial charge in [0.15, 0.2) is 23.0 Å². The van der Waals surface area contributed by atoms with Gasteiger partial charge in [-0.2, -0.15) is 0 Å². The lowest BCUT2D eigenvalue weighted by atomic mass is 10.2. The highest BCUT2D eigenvalue weighted by molar-refractivity contribution is 7.15. The molecule has 0 aliphatic carbocycles. The second kappa shape index (κ2) is 17.9. The smallest absolute Gasteiger partial charge is 0.325 e. The Morgan fingerprint density at radius 2 is 1.16 bits per heavy atom. The van der Waals surface area contributed by atoms with Crippen molar-refractivity contribution in [3.63, 3.8) is 0 Å². The number of nitrogens with zero attached hydrogens (tertiary/aromatic N) is 4. The lowest BCUT2D eigenvalue weighted by Crippen LogP contribution is -2.19. The molecular weight excluding hydrogens is 781 g/mol. The summed E-state index contributed by atoms with van der Waals surface area (Å²) in [6, 6.07) is 20.3. The number of carbonyl (C=O) groups excluding carboxylic acids is 1. The van der Waals surface area contributed by atoms with Gasteiger partial charge >= 0.3 is 6.03 Å². The second-order valence-electron chi connectivity index (χ2n) is 11.5. The number of rotatable bonds is 11. The van der Waals surface area contributed by atoms with Crippen molar-refractivity contribution in [2.75, 3.05) is 44.8 Å². The summed E-state index contributed by atoms with van der Waals surface area (Å²) in [5.41, 5.74) is 8.18. The first kappa shape index (κ1) is 39.4. The number of urea groups is 1. The zero-order valence-electron chi connectivity index (χ0n) is 30.7. The molecule has 56 heavy (non-hydrogen) atoms. The zero-order valence-corrected chi connectivity index (χ0v) is 33.0. The Labute approximate surface area is 335 Å². The average molecular weight is 817 g/mol. The van der Waals surface area contributed by atoms with Crippen LogP contribution < -0.4 is 44.8 Å². The minimum atomic E-state index is -0.445. The molecule has 0 unspecified atom stereocenters. The van der Waals surface area contributed by atoms with Gasteiger partial charge < -0.3 is 39.5 Å². The van der Waals surface area contributed by atoms with Gasteiger partial charge in [-0.25, -0.2) is 4.79 Å². The van der Waals surface area contributed by atoms with E-state index in [0.29, 0.717) is 78.1 Å². The topological polar surface area (TPSA) is 174 Å². The van der Waals surface area contributed by atoms with Gasteiger partial charge in [0.1, 0.15) is 28.0 Å². The number of methoxy groups -OCH3 is 4. The molecule has 0 bridgehead atoms. The molecule has 2 amide bonds. The summed E-state index contributed by atoms with van der Waals surface area (Å²) in [7, 11) is 6.29. The molecule has 3 heterocycles. The monoisotopic (exact) mass is 815 g/mol. The maximum absolute atomic E-state index is 12.2. The fraction of sp³-hybridized carbons (Fsp3) is 0.154. The Bertz CT molecular complexity index is 2520. The maximum Gasteiger partial charge on any atom is 0.325 e. The number of nitrogen functional groups attached to an aromatic ring is 1. The fourth-order valence-electron chi connectivity index (χ4n) is 5.28. The minimum Gasteiger partial charge on any atom is -0.493 e. The Morgan fingerprint density at radius 1 is 0.643 bits per heavy atom. The van der Waals surface area contributed by atoms with Crippen LogP contribution in [-0.2, 0) is 6.42 Å². The third-order valence-electron chi connectivity index (χ3n) is 7.99.